The molecule has 0 N–H and O–H groups in total. The lowest BCUT2D eigenvalue weighted by molar-refractivity contribution is 0.121. The second kappa shape index (κ2) is 1.53. The Kier molecular flexibility index (Phi) is 0.810. The first-order valence-electron chi connectivity index (χ1n) is 4.56. The van der Waals surface area contributed by atoms with Gasteiger partial charge in [0, 0.05) is 1.37 Å². The van der Waals surface area contributed by atoms with Gasteiger partial charge < -0.3 is 0 Å². The van der Waals surface area contributed by atoms with E-state index in [2.05, 4.69) is 13.8 Å². The molecule has 1 spiro atoms. The van der Waals surface area contributed by atoms with Gasteiger partial charge in [-0.05, 0) is 42.9 Å². The minimum atomic E-state index is -0.0312. The number of hydrogen-bond acceptors (Lipinski definition) is 0. The summed E-state index contributed by atoms with van der Waals surface area (Å²) in [6, 6.07) is 0. The molecule has 2 aliphatic rings. The highest BCUT2D eigenvalue weighted by molar-refractivity contribution is 5.04. The van der Waals surface area contributed by atoms with Crippen LogP contribution in [0, 0.1) is 17.2 Å². The number of hydrogen-bond donors (Lipinski definition) is 0. The second-order valence-electron chi connectivity index (χ2n) is 4.17. The van der Waals surface area contributed by atoms with Gasteiger partial charge in [-0.15, -0.1) is 0 Å². The third-order valence-electron chi connectivity index (χ3n) is 2.98. The van der Waals surface area contributed by atoms with E-state index in [4.69, 9.17) is 1.37 Å². The fourth-order valence-electron chi connectivity index (χ4n) is 1.85. The van der Waals surface area contributed by atoms with Crippen LogP contribution in [0.1, 0.15) is 40.9 Å². The Balaban J connectivity index is 1.97. The van der Waals surface area contributed by atoms with Gasteiger partial charge in [0.15, 0.2) is 0 Å². The van der Waals surface area contributed by atoms with Crippen molar-refractivity contribution in [3.8, 4) is 0 Å². The third-order valence-corrected chi connectivity index (χ3v) is 2.98. The summed E-state index contributed by atoms with van der Waals surface area (Å²) >= 11 is 0. The summed E-state index contributed by atoms with van der Waals surface area (Å²) in [6.07, 6.45) is 5.22. The molecule has 9 heavy (non-hydrogen) atoms. The van der Waals surface area contributed by atoms with E-state index < -0.39 is 0 Å². The standard InChI is InChI=1S/C9H16/c1-7(2)8-5-9(6-8)3-4-9/h7-8H,3-6H2,1-2H3/i8D. The Hall–Kier alpha value is 0. The molecular weight excluding hydrogens is 108 g/mol. The maximum Gasteiger partial charge on any atom is 0.0306 e. The monoisotopic (exact) mass is 125 g/mol. The molecule has 0 heterocycles. The molecule has 0 saturated heterocycles. The highest BCUT2D eigenvalue weighted by atomic mass is 14.6. The Labute approximate surface area is 59.1 Å². The molecule has 0 amide bonds. The molecule has 52 valence electrons. The molecule has 0 heteroatoms. The van der Waals surface area contributed by atoms with Crippen LogP contribution in [0.5, 0.6) is 0 Å². The molecule has 2 saturated carbocycles. The first-order chi connectivity index (χ1) is 4.56. The highest BCUT2D eigenvalue weighted by Crippen LogP contribution is 2.64. The van der Waals surface area contributed by atoms with Crippen molar-refractivity contribution in [1.29, 1.82) is 0 Å². The van der Waals surface area contributed by atoms with Crippen molar-refractivity contribution in [2.24, 2.45) is 17.2 Å². The minimum absolute atomic E-state index is 0.0312. The van der Waals surface area contributed by atoms with Gasteiger partial charge in [0.05, 0.1) is 0 Å². The van der Waals surface area contributed by atoms with Gasteiger partial charge >= 0.3 is 0 Å². The van der Waals surface area contributed by atoms with E-state index in [1.807, 2.05) is 0 Å². The van der Waals surface area contributed by atoms with Crippen LogP contribution < -0.4 is 0 Å². The third kappa shape index (κ3) is 0.798. The maximum absolute atomic E-state index is 8.01. The smallest absolute Gasteiger partial charge is 0.0306 e. The fraction of sp³-hybridized carbons (Fsp3) is 1.00. The average molecular weight is 125 g/mol. The molecule has 0 aliphatic heterocycles. The molecule has 0 radical (unpaired) electrons. The van der Waals surface area contributed by atoms with E-state index in [9.17, 15) is 0 Å². The van der Waals surface area contributed by atoms with Crippen molar-refractivity contribution in [3.05, 3.63) is 0 Å². The van der Waals surface area contributed by atoms with Gasteiger partial charge in [0.2, 0.25) is 0 Å². The molecule has 2 fully saturated rings. The summed E-state index contributed by atoms with van der Waals surface area (Å²) in [6.45, 7) is 4.37. The van der Waals surface area contributed by atoms with Crippen LogP contribution in [0.15, 0.2) is 0 Å². The SMILES string of the molecule is [2H]C1(C(C)C)CC2(CC2)C1. The van der Waals surface area contributed by atoms with E-state index in [0.29, 0.717) is 11.3 Å². The minimum Gasteiger partial charge on any atom is -0.0625 e. The van der Waals surface area contributed by atoms with E-state index in [1.54, 1.807) is 0 Å². The predicted molar refractivity (Wildman–Crippen MR) is 39.2 cm³/mol. The molecule has 0 atom stereocenters. The molecule has 0 aromatic carbocycles. The van der Waals surface area contributed by atoms with Crippen molar-refractivity contribution >= 4 is 0 Å². The van der Waals surface area contributed by atoms with Crippen molar-refractivity contribution in [1.82, 2.24) is 0 Å². The van der Waals surface area contributed by atoms with Crippen molar-refractivity contribution in [3.63, 3.8) is 0 Å². The van der Waals surface area contributed by atoms with Crippen molar-refractivity contribution in [2.45, 2.75) is 39.5 Å². The van der Waals surface area contributed by atoms with E-state index in [1.165, 1.54) is 25.7 Å². The summed E-state index contributed by atoms with van der Waals surface area (Å²) < 4.78 is 8.01. The van der Waals surface area contributed by atoms with Gasteiger partial charge in [-0.25, -0.2) is 0 Å². The maximum atomic E-state index is 8.01. The lowest BCUT2D eigenvalue weighted by Crippen LogP contribution is -2.28. The van der Waals surface area contributed by atoms with E-state index in [0.717, 1.165) is 0 Å². The van der Waals surface area contributed by atoms with Crippen LogP contribution in [-0.4, -0.2) is 0 Å². The molecule has 0 nitrogen and oxygen atoms in total. The Morgan fingerprint density at radius 3 is 2.33 bits per heavy atom. The summed E-state index contributed by atoms with van der Waals surface area (Å²) in [4.78, 5) is 0. The summed E-state index contributed by atoms with van der Waals surface area (Å²) in [5.41, 5.74) is 0.700. The highest BCUT2D eigenvalue weighted by Gasteiger charge is 2.53. The van der Waals surface area contributed by atoms with Gasteiger partial charge in [-0.2, -0.15) is 0 Å². The quantitative estimate of drug-likeness (QED) is 0.505. The first-order valence-corrected chi connectivity index (χ1v) is 4.06. The largest absolute Gasteiger partial charge is 0.0625 e. The molecule has 2 aliphatic carbocycles. The van der Waals surface area contributed by atoms with Crippen molar-refractivity contribution < 1.29 is 1.37 Å². The summed E-state index contributed by atoms with van der Waals surface area (Å²) in [7, 11) is 0. The van der Waals surface area contributed by atoms with Crippen molar-refractivity contribution in [2.75, 3.05) is 0 Å². The van der Waals surface area contributed by atoms with Crippen LogP contribution in [-0.2, 0) is 0 Å². The topological polar surface area (TPSA) is 0 Å². The molecule has 0 aromatic heterocycles. The molecule has 0 unspecified atom stereocenters. The molecule has 0 aromatic rings. The predicted octanol–water partition coefficient (Wildman–Crippen LogP) is 2.83. The van der Waals surface area contributed by atoms with Crippen LogP contribution >= 0.6 is 0 Å². The van der Waals surface area contributed by atoms with Crippen LogP contribution in [0.4, 0.5) is 0 Å². The Morgan fingerprint density at radius 1 is 1.44 bits per heavy atom. The van der Waals surface area contributed by atoms with Gasteiger partial charge in [-0.1, -0.05) is 13.8 Å². The summed E-state index contributed by atoms with van der Waals surface area (Å²) in [5.74, 6) is 0.537. The molecule has 2 rings (SSSR count). The van der Waals surface area contributed by atoms with Gasteiger partial charge in [-0.3, -0.25) is 0 Å². The van der Waals surface area contributed by atoms with Gasteiger partial charge in [0.25, 0.3) is 0 Å². The zero-order valence-electron chi connectivity index (χ0n) is 7.41. The van der Waals surface area contributed by atoms with E-state index in [-0.39, 0.29) is 5.89 Å². The fourth-order valence-corrected chi connectivity index (χ4v) is 1.85. The van der Waals surface area contributed by atoms with E-state index >= 15 is 0 Å². The average Bonchev–Trinajstić information content (AvgIpc) is 2.44. The molecular formula is C9H16. The Morgan fingerprint density at radius 2 is 2.00 bits per heavy atom. The van der Waals surface area contributed by atoms with Crippen LogP contribution in [0.3, 0.4) is 0 Å². The van der Waals surface area contributed by atoms with Crippen LogP contribution in [0.2, 0.25) is 0 Å². The Bertz CT molecular complexity index is 148. The zero-order chi connectivity index (χ0) is 7.41. The normalized spacial score (nSPS) is 36.1. The number of rotatable bonds is 1. The lowest BCUT2D eigenvalue weighted by atomic mass is 9.67. The second-order valence-corrected chi connectivity index (χ2v) is 4.17. The molecule has 0 bridgehead atoms. The lowest BCUT2D eigenvalue weighted by Gasteiger charge is -2.38. The van der Waals surface area contributed by atoms with Crippen LogP contribution in [0.25, 0.3) is 0 Å². The first kappa shape index (κ1) is 4.76. The zero-order valence-corrected chi connectivity index (χ0v) is 6.41. The van der Waals surface area contributed by atoms with Gasteiger partial charge in [0.1, 0.15) is 0 Å². The summed E-state index contributed by atoms with van der Waals surface area (Å²) in [5, 5.41) is 0.